The molecule has 0 fully saturated rings. The summed E-state index contributed by atoms with van der Waals surface area (Å²) < 4.78 is 0. The molecule has 11 heavy (non-hydrogen) atoms. The van der Waals surface area contributed by atoms with Gasteiger partial charge in [-0.25, -0.2) is 9.97 Å². The molecule has 4 nitrogen and oxygen atoms in total. The van der Waals surface area contributed by atoms with Crippen LogP contribution in [0, 0.1) is 0 Å². The van der Waals surface area contributed by atoms with E-state index in [0.29, 0.717) is 12.2 Å². The van der Waals surface area contributed by atoms with Gasteiger partial charge in [-0.15, -0.1) is 0 Å². The van der Waals surface area contributed by atoms with Gasteiger partial charge in [0.1, 0.15) is 12.0 Å². The quantitative estimate of drug-likeness (QED) is 0.612. The van der Waals surface area contributed by atoms with Crippen molar-refractivity contribution >= 4 is 5.78 Å². The van der Waals surface area contributed by atoms with Gasteiger partial charge in [-0.05, 0) is 13.1 Å². The van der Waals surface area contributed by atoms with Crippen molar-refractivity contribution in [3.63, 3.8) is 0 Å². The minimum absolute atomic E-state index is 0.0186. The van der Waals surface area contributed by atoms with Gasteiger partial charge >= 0.3 is 0 Å². The van der Waals surface area contributed by atoms with E-state index in [9.17, 15) is 4.79 Å². The molecule has 58 valence electrons. The predicted octanol–water partition coefficient (Wildman–Crippen LogP) is -0.121. The second-order valence-electron chi connectivity index (χ2n) is 2.05. The molecule has 0 amide bonds. The summed E-state index contributed by atoms with van der Waals surface area (Å²) >= 11 is 0. The summed E-state index contributed by atoms with van der Waals surface area (Å²) in [7, 11) is 1.72. The molecule has 0 saturated heterocycles. The number of nitrogens with one attached hydrogen (secondary N) is 1. The Hall–Kier alpha value is -1.29. The molecular weight excluding hydrogens is 142 g/mol. The fourth-order valence-corrected chi connectivity index (χ4v) is 0.707. The number of carbonyl (C=O) groups excluding carboxylic acids is 1. The van der Waals surface area contributed by atoms with Gasteiger partial charge in [0.05, 0.1) is 6.54 Å². The fourth-order valence-electron chi connectivity index (χ4n) is 0.707. The number of hydrogen-bond acceptors (Lipinski definition) is 4. The molecular formula is C7H9N3O. The van der Waals surface area contributed by atoms with Crippen LogP contribution in [0.25, 0.3) is 0 Å². The zero-order valence-corrected chi connectivity index (χ0v) is 6.24. The highest BCUT2D eigenvalue weighted by molar-refractivity contribution is 5.95. The van der Waals surface area contributed by atoms with E-state index in [1.807, 2.05) is 0 Å². The third kappa shape index (κ3) is 2.09. The Morgan fingerprint density at radius 1 is 1.73 bits per heavy atom. The van der Waals surface area contributed by atoms with E-state index in [2.05, 4.69) is 15.3 Å². The molecule has 0 aromatic carbocycles. The van der Waals surface area contributed by atoms with Crippen molar-refractivity contribution in [2.75, 3.05) is 13.6 Å². The number of ketones is 1. The largest absolute Gasteiger partial charge is 0.313 e. The Morgan fingerprint density at radius 2 is 2.55 bits per heavy atom. The Bertz CT molecular complexity index is 235. The van der Waals surface area contributed by atoms with Crippen LogP contribution in [-0.4, -0.2) is 29.3 Å². The van der Waals surface area contributed by atoms with Crippen molar-refractivity contribution in [1.29, 1.82) is 0 Å². The third-order valence-electron chi connectivity index (χ3n) is 1.20. The van der Waals surface area contributed by atoms with Crippen LogP contribution in [0.2, 0.25) is 0 Å². The van der Waals surface area contributed by atoms with Crippen molar-refractivity contribution in [2.24, 2.45) is 0 Å². The van der Waals surface area contributed by atoms with Gasteiger partial charge in [0.2, 0.25) is 0 Å². The fraction of sp³-hybridized carbons (Fsp3) is 0.286. The average Bonchev–Trinajstić information content (AvgIpc) is 2.07. The Kier molecular flexibility index (Phi) is 2.68. The van der Waals surface area contributed by atoms with E-state index in [1.165, 1.54) is 6.33 Å². The molecule has 0 aliphatic carbocycles. The number of Topliss-reactive ketones (excluding diaryl/α,β-unsaturated/α-hetero) is 1. The van der Waals surface area contributed by atoms with Gasteiger partial charge in [-0.2, -0.15) is 0 Å². The Balaban J connectivity index is 2.69. The van der Waals surface area contributed by atoms with E-state index in [-0.39, 0.29) is 5.78 Å². The van der Waals surface area contributed by atoms with Crippen molar-refractivity contribution < 1.29 is 4.79 Å². The van der Waals surface area contributed by atoms with E-state index in [0.717, 1.165) is 0 Å². The zero-order valence-electron chi connectivity index (χ0n) is 6.24. The molecule has 1 rings (SSSR count). The topological polar surface area (TPSA) is 54.9 Å². The van der Waals surface area contributed by atoms with E-state index in [4.69, 9.17) is 0 Å². The second-order valence-corrected chi connectivity index (χ2v) is 2.05. The minimum atomic E-state index is -0.0186. The summed E-state index contributed by atoms with van der Waals surface area (Å²) in [6, 6.07) is 1.60. The van der Waals surface area contributed by atoms with Gasteiger partial charge in [0, 0.05) is 6.20 Å². The summed E-state index contributed by atoms with van der Waals surface area (Å²) in [6.07, 6.45) is 2.92. The standard InChI is InChI=1S/C7H9N3O/c1-8-4-7(11)6-2-3-9-5-10-6/h2-3,5,8H,4H2,1H3. The molecule has 0 unspecified atom stereocenters. The number of aromatic nitrogens is 2. The van der Waals surface area contributed by atoms with Crippen LogP contribution in [-0.2, 0) is 0 Å². The molecule has 1 aromatic heterocycles. The molecule has 1 N–H and O–H groups in total. The monoisotopic (exact) mass is 151 g/mol. The molecule has 0 bridgehead atoms. The SMILES string of the molecule is CNCC(=O)c1ccncn1. The zero-order chi connectivity index (χ0) is 8.10. The van der Waals surface area contributed by atoms with Crippen LogP contribution >= 0.6 is 0 Å². The summed E-state index contributed by atoms with van der Waals surface area (Å²) in [5.74, 6) is -0.0186. The molecule has 0 saturated carbocycles. The van der Waals surface area contributed by atoms with Crippen molar-refractivity contribution in [3.8, 4) is 0 Å². The first kappa shape index (κ1) is 7.81. The average molecular weight is 151 g/mol. The van der Waals surface area contributed by atoms with Crippen LogP contribution in [0.15, 0.2) is 18.6 Å². The van der Waals surface area contributed by atoms with Gasteiger partial charge in [-0.1, -0.05) is 0 Å². The lowest BCUT2D eigenvalue weighted by Crippen LogP contribution is -2.19. The molecule has 4 heteroatoms. The number of hydrogen-bond donors (Lipinski definition) is 1. The maximum atomic E-state index is 11.1. The molecule has 0 atom stereocenters. The lowest BCUT2D eigenvalue weighted by atomic mass is 10.3. The first-order valence-electron chi connectivity index (χ1n) is 3.28. The summed E-state index contributed by atoms with van der Waals surface area (Å²) in [4.78, 5) is 18.6. The lowest BCUT2D eigenvalue weighted by Gasteiger charge is -1.96. The highest BCUT2D eigenvalue weighted by Gasteiger charge is 2.03. The van der Waals surface area contributed by atoms with Crippen molar-refractivity contribution in [3.05, 3.63) is 24.3 Å². The van der Waals surface area contributed by atoms with Crippen molar-refractivity contribution in [1.82, 2.24) is 15.3 Å². The van der Waals surface area contributed by atoms with Crippen LogP contribution in [0.3, 0.4) is 0 Å². The van der Waals surface area contributed by atoms with Crippen molar-refractivity contribution in [2.45, 2.75) is 0 Å². The Morgan fingerprint density at radius 3 is 3.09 bits per heavy atom. The molecule has 0 radical (unpaired) electrons. The maximum absolute atomic E-state index is 11.1. The summed E-state index contributed by atoms with van der Waals surface area (Å²) in [5, 5.41) is 2.76. The number of carbonyl (C=O) groups is 1. The number of nitrogens with zero attached hydrogens (tertiary/aromatic N) is 2. The van der Waals surface area contributed by atoms with Crippen LogP contribution in [0.1, 0.15) is 10.5 Å². The second kappa shape index (κ2) is 3.78. The minimum Gasteiger partial charge on any atom is -0.313 e. The highest BCUT2D eigenvalue weighted by Crippen LogP contribution is 1.90. The van der Waals surface area contributed by atoms with E-state index < -0.39 is 0 Å². The van der Waals surface area contributed by atoms with Crippen LogP contribution < -0.4 is 5.32 Å². The summed E-state index contributed by atoms with van der Waals surface area (Å²) in [6.45, 7) is 0.316. The lowest BCUT2D eigenvalue weighted by molar-refractivity contribution is 0.0988. The number of rotatable bonds is 3. The summed E-state index contributed by atoms with van der Waals surface area (Å²) in [5.41, 5.74) is 0.453. The first-order valence-corrected chi connectivity index (χ1v) is 3.28. The van der Waals surface area contributed by atoms with Gasteiger partial charge < -0.3 is 5.32 Å². The molecule has 1 heterocycles. The number of likely N-dealkylation sites (N-methyl/N-ethyl adjacent to an activating group) is 1. The van der Waals surface area contributed by atoms with Gasteiger partial charge in [0.15, 0.2) is 5.78 Å². The van der Waals surface area contributed by atoms with E-state index >= 15 is 0 Å². The maximum Gasteiger partial charge on any atom is 0.194 e. The highest BCUT2D eigenvalue weighted by atomic mass is 16.1. The molecule has 0 aliphatic rings. The molecule has 1 aromatic rings. The third-order valence-corrected chi connectivity index (χ3v) is 1.20. The van der Waals surface area contributed by atoms with Crippen LogP contribution in [0.4, 0.5) is 0 Å². The van der Waals surface area contributed by atoms with Gasteiger partial charge in [0.25, 0.3) is 0 Å². The molecule has 0 aliphatic heterocycles. The van der Waals surface area contributed by atoms with Crippen LogP contribution in [0.5, 0.6) is 0 Å². The molecule has 0 spiro atoms. The normalized spacial score (nSPS) is 9.55. The van der Waals surface area contributed by atoms with Gasteiger partial charge in [-0.3, -0.25) is 4.79 Å². The Labute approximate surface area is 64.7 Å². The first-order chi connectivity index (χ1) is 5.34. The van der Waals surface area contributed by atoms with E-state index in [1.54, 1.807) is 19.3 Å². The predicted molar refractivity (Wildman–Crippen MR) is 40.3 cm³/mol. The smallest absolute Gasteiger partial charge is 0.194 e.